The van der Waals surface area contributed by atoms with E-state index in [0.717, 1.165) is 27.8 Å². The second-order valence-electron chi connectivity index (χ2n) is 4.82. The normalized spacial score (nSPS) is 12.7. The first-order chi connectivity index (χ1) is 9.55. The van der Waals surface area contributed by atoms with Gasteiger partial charge in [-0.3, -0.25) is 4.68 Å². The van der Waals surface area contributed by atoms with Gasteiger partial charge in [-0.1, -0.05) is 22.9 Å². The quantitative estimate of drug-likeness (QED) is 0.904. The molecule has 1 heterocycles. The Morgan fingerprint density at radius 3 is 2.75 bits per heavy atom. The summed E-state index contributed by atoms with van der Waals surface area (Å²) in [6.07, 6.45) is 1.62. The summed E-state index contributed by atoms with van der Waals surface area (Å²) in [7, 11) is 3.86. The Morgan fingerprint density at radius 2 is 2.15 bits per heavy atom. The van der Waals surface area contributed by atoms with E-state index in [9.17, 15) is 4.39 Å². The lowest BCUT2D eigenvalue weighted by Gasteiger charge is -2.17. The van der Waals surface area contributed by atoms with E-state index in [0.29, 0.717) is 6.42 Å². The molecule has 0 saturated heterocycles. The lowest BCUT2D eigenvalue weighted by Crippen LogP contribution is -2.21. The first kappa shape index (κ1) is 15.2. The number of rotatable bonds is 5. The van der Waals surface area contributed by atoms with Crippen molar-refractivity contribution < 1.29 is 4.39 Å². The van der Waals surface area contributed by atoms with E-state index in [-0.39, 0.29) is 11.9 Å². The second-order valence-corrected chi connectivity index (χ2v) is 5.67. The summed E-state index contributed by atoms with van der Waals surface area (Å²) in [5.74, 6) is -0.211. The van der Waals surface area contributed by atoms with Gasteiger partial charge in [0.15, 0.2) is 0 Å². The van der Waals surface area contributed by atoms with Gasteiger partial charge in [0.1, 0.15) is 5.82 Å². The topological polar surface area (TPSA) is 29.9 Å². The molecule has 3 nitrogen and oxygen atoms in total. The average molecular weight is 340 g/mol. The summed E-state index contributed by atoms with van der Waals surface area (Å²) >= 11 is 3.48. The molecule has 0 aliphatic heterocycles. The summed E-state index contributed by atoms with van der Waals surface area (Å²) in [4.78, 5) is 0. The maximum Gasteiger partial charge on any atom is 0.123 e. The van der Waals surface area contributed by atoms with Crippen LogP contribution in [0.1, 0.15) is 29.9 Å². The molecule has 1 aromatic carbocycles. The van der Waals surface area contributed by atoms with Crippen molar-refractivity contribution in [3.63, 3.8) is 0 Å². The van der Waals surface area contributed by atoms with Gasteiger partial charge in [-0.15, -0.1) is 0 Å². The number of halogens is 2. The number of hydrogen-bond donors (Lipinski definition) is 1. The Kier molecular flexibility index (Phi) is 4.94. The summed E-state index contributed by atoms with van der Waals surface area (Å²) < 4.78 is 16.2. The lowest BCUT2D eigenvalue weighted by molar-refractivity contribution is 0.533. The number of aromatic nitrogens is 2. The molecule has 1 aromatic heterocycles. The van der Waals surface area contributed by atoms with E-state index >= 15 is 0 Å². The van der Waals surface area contributed by atoms with Crippen molar-refractivity contribution in [3.8, 4) is 0 Å². The summed E-state index contributed by atoms with van der Waals surface area (Å²) in [5.41, 5.74) is 3.13. The summed E-state index contributed by atoms with van der Waals surface area (Å²) in [6.45, 7) is 2.09. The van der Waals surface area contributed by atoms with Crippen LogP contribution in [0.2, 0.25) is 0 Å². The molecule has 20 heavy (non-hydrogen) atoms. The number of benzene rings is 1. The maximum absolute atomic E-state index is 13.4. The number of nitrogens with one attached hydrogen (secondary N) is 1. The Hall–Kier alpha value is -1.20. The molecule has 0 bridgehead atoms. The third-order valence-electron chi connectivity index (χ3n) is 3.47. The predicted molar refractivity (Wildman–Crippen MR) is 82.2 cm³/mol. The van der Waals surface area contributed by atoms with Crippen molar-refractivity contribution in [1.29, 1.82) is 0 Å². The van der Waals surface area contributed by atoms with Crippen LogP contribution in [0, 0.1) is 5.82 Å². The maximum atomic E-state index is 13.4. The van der Waals surface area contributed by atoms with Gasteiger partial charge in [-0.05, 0) is 49.7 Å². The highest BCUT2D eigenvalue weighted by Gasteiger charge is 2.17. The molecule has 1 atom stereocenters. The molecular weight excluding hydrogens is 321 g/mol. The second kappa shape index (κ2) is 6.50. The minimum absolute atomic E-state index is 0.103. The molecule has 108 valence electrons. The third kappa shape index (κ3) is 3.27. The molecule has 5 heteroatoms. The number of nitrogens with zero attached hydrogens (tertiary/aromatic N) is 2. The number of hydrogen-bond acceptors (Lipinski definition) is 2. The zero-order valence-corrected chi connectivity index (χ0v) is 13.5. The summed E-state index contributed by atoms with van der Waals surface area (Å²) in [6, 6.07) is 6.99. The van der Waals surface area contributed by atoms with Gasteiger partial charge >= 0.3 is 0 Å². The minimum atomic E-state index is -0.211. The molecule has 0 fully saturated rings. The van der Waals surface area contributed by atoms with Crippen molar-refractivity contribution in [1.82, 2.24) is 15.1 Å². The molecule has 0 saturated carbocycles. The van der Waals surface area contributed by atoms with Gasteiger partial charge in [0.2, 0.25) is 0 Å². The fraction of sp³-hybridized carbons (Fsp3) is 0.400. The molecule has 1 unspecified atom stereocenters. The summed E-state index contributed by atoms with van der Waals surface area (Å²) in [5, 5.41) is 7.76. The standard InChI is InChI=1S/C15H19BrFN3/c1-4-12-9-15(20(3)19-12)14(18-2)8-10-7-11(17)5-6-13(10)16/h5-7,9,14,18H,4,8H2,1-3H3. The molecule has 0 amide bonds. The fourth-order valence-electron chi connectivity index (χ4n) is 2.32. The van der Waals surface area contributed by atoms with E-state index < -0.39 is 0 Å². The Morgan fingerprint density at radius 1 is 1.40 bits per heavy atom. The van der Waals surface area contributed by atoms with Crippen LogP contribution in [0.25, 0.3) is 0 Å². The average Bonchev–Trinajstić information content (AvgIpc) is 2.81. The van der Waals surface area contributed by atoms with Crippen molar-refractivity contribution in [2.24, 2.45) is 7.05 Å². The van der Waals surface area contributed by atoms with Crippen molar-refractivity contribution in [2.45, 2.75) is 25.8 Å². The third-order valence-corrected chi connectivity index (χ3v) is 4.24. The van der Waals surface area contributed by atoms with Crippen molar-refractivity contribution >= 4 is 15.9 Å². The number of aryl methyl sites for hydroxylation is 2. The Bertz CT molecular complexity index is 595. The zero-order chi connectivity index (χ0) is 14.7. The van der Waals surface area contributed by atoms with Gasteiger partial charge in [0.25, 0.3) is 0 Å². The Labute approximate surface area is 127 Å². The van der Waals surface area contributed by atoms with Crippen LogP contribution in [0.15, 0.2) is 28.7 Å². The van der Waals surface area contributed by atoms with Crippen LogP contribution >= 0.6 is 15.9 Å². The monoisotopic (exact) mass is 339 g/mol. The lowest BCUT2D eigenvalue weighted by atomic mass is 10.0. The van der Waals surface area contributed by atoms with E-state index in [1.54, 1.807) is 12.1 Å². The first-order valence-electron chi connectivity index (χ1n) is 6.69. The first-order valence-corrected chi connectivity index (χ1v) is 7.48. The van der Waals surface area contributed by atoms with Crippen LogP contribution < -0.4 is 5.32 Å². The largest absolute Gasteiger partial charge is 0.311 e. The van der Waals surface area contributed by atoms with Gasteiger partial charge in [0, 0.05) is 11.5 Å². The van der Waals surface area contributed by atoms with E-state index in [1.807, 2.05) is 18.8 Å². The number of likely N-dealkylation sites (N-methyl/N-ethyl adjacent to an activating group) is 1. The Balaban J connectivity index is 2.28. The van der Waals surface area contributed by atoms with Crippen molar-refractivity contribution in [2.75, 3.05) is 7.05 Å². The highest BCUT2D eigenvalue weighted by Crippen LogP contribution is 2.25. The SMILES string of the molecule is CCc1cc(C(Cc2cc(F)ccc2Br)NC)n(C)n1. The molecule has 0 radical (unpaired) electrons. The molecule has 2 aromatic rings. The minimum Gasteiger partial charge on any atom is -0.311 e. The van der Waals surface area contributed by atoms with E-state index in [2.05, 4.69) is 39.3 Å². The smallest absolute Gasteiger partial charge is 0.123 e. The van der Waals surface area contributed by atoms with Crippen LogP contribution in [-0.4, -0.2) is 16.8 Å². The molecule has 0 aliphatic rings. The van der Waals surface area contributed by atoms with Gasteiger partial charge in [-0.2, -0.15) is 5.10 Å². The highest BCUT2D eigenvalue weighted by molar-refractivity contribution is 9.10. The highest BCUT2D eigenvalue weighted by atomic mass is 79.9. The molecular formula is C15H19BrFN3. The van der Waals surface area contributed by atoms with Crippen LogP contribution in [0.5, 0.6) is 0 Å². The van der Waals surface area contributed by atoms with E-state index in [1.165, 1.54) is 6.07 Å². The van der Waals surface area contributed by atoms with E-state index in [4.69, 9.17) is 0 Å². The fourth-order valence-corrected chi connectivity index (χ4v) is 2.72. The van der Waals surface area contributed by atoms with Gasteiger partial charge in [-0.25, -0.2) is 4.39 Å². The van der Waals surface area contributed by atoms with Crippen LogP contribution in [0.3, 0.4) is 0 Å². The zero-order valence-electron chi connectivity index (χ0n) is 12.0. The molecule has 1 N–H and O–H groups in total. The van der Waals surface area contributed by atoms with Gasteiger partial charge in [0.05, 0.1) is 17.4 Å². The van der Waals surface area contributed by atoms with Gasteiger partial charge < -0.3 is 5.32 Å². The van der Waals surface area contributed by atoms with Crippen molar-refractivity contribution in [3.05, 3.63) is 51.5 Å². The van der Waals surface area contributed by atoms with Crippen LogP contribution in [0.4, 0.5) is 4.39 Å². The molecule has 2 rings (SSSR count). The molecule has 0 aliphatic carbocycles. The van der Waals surface area contributed by atoms with Crippen LogP contribution in [-0.2, 0) is 19.9 Å². The predicted octanol–water partition coefficient (Wildman–Crippen LogP) is 3.39. The molecule has 0 spiro atoms.